The molecule has 1 unspecified atom stereocenters. The molecule has 1 atom stereocenters. The molecular formula is C13H20N4O. The molecule has 0 aromatic carbocycles. The van der Waals surface area contributed by atoms with E-state index in [1.807, 2.05) is 13.1 Å². The minimum atomic E-state index is 0.00164. The van der Waals surface area contributed by atoms with Crippen LogP contribution >= 0.6 is 0 Å². The maximum atomic E-state index is 11.4. The van der Waals surface area contributed by atoms with Gasteiger partial charge in [-0.1, -0.05) is 20.8 Å². The molecule has 1 N–H and O–H groups in total. The molecule has 5 nitrogen and oxygen atoms in total. The van der Waals surface area contributed by atoms with Gasteiger partial charge in [0.2, 0.25) is 11.9 Å². The maximum Gasteiger partial charge on any atom is 0.224 e. The van der Waals surface area contributed by atoms with E-state index in [1.54, 1.807) is 11.1 Å². The van der Waals surface area contributed by atoms with Gasteiger partial charge in [0.1, 0.15) is 0 Å². The monoisotopic (exact) mass is 248 g/mol. The summed E-state index contributed by atoms with van der Waals surface area (Å²) in [6, 6.07) is 2.04. The van der Waals surface area contributed by atoms with Crippen molar-refractivity contribution in [2.75, 3.05) is 18.9 Å². The molecule has 1 amide bonds. The van der Waals surface area contributed by atoms with Gasteiger partial charge >= 0.3 is 0 Å². The molecular weight excluding hydrogens is 228 g/mol. The van der Waals surface area contributed by atoms with E-state index in [0.717, 1.165) is 5.69 Å². The predicted molar refractivity (Wildman–Crippen MR) is 70.4 cm³/mol. The number of rotatable bonds is 2. The van der Waals surface area contributed by atoms with Crippen LogP contribution in [0.2, 0.25) is 0 Å². The van der Waals surface area contributed by atoms with E-state index in [-0.39, 0.29) is 17.4 Å². The Labute approximate surface area is 108 Å². The van der Waals surface area contributed by atoms with Crippen molar-refractivity contribution >= 4 is 11.9 Å². The lowest BCUT2D eigenvalue weighted by molar-refractivity contribution is -0.126. The number of likely N-dealkylation sites (N-methyl/N-ethyl adjacent to an activating group) is 1. The molecule has 1 aromatic heterocycles. The summed E-state index contributed by atoms with van der Waals surface area (Å²) in [5.74, 6) is 0.773. The van der Waals surface area contributed by atoms with E-state index < -0.39 is 0 Å². The smallest absolute Gasteiger partial charge is 0.224 e. The number of hydrogen-bond donors (Lipinski definition) is 1. The average Bonchev–Trinajstić information content (AvgIpc) is 2.57. The number of anilines is 1. The number of hydrogen-bond acceptors (Lipinski definition) is 4. The van der Waals surface area contributed by atoms with E-state index in [4.69, 9.17) is 0 Å². The third-order valence-corrected chi connectivity index (χ3v) is 3.10. The first-order chi connectivity index (χ1) is 8.36. The molecule has 2 rings (SSSR count). The number of aromatic nitrogens is 2. The first kappa shape index (κ1) is 12.8. The topological polar surface area (TPSA) is 58.1 Å². The van der Waals surface area contributed by atoms with Crippen LogP contribution in [0.15, 0.2) is 12.3 Å². The zero-order chi connectivity index (χ0) is 13.3. The standard InChI is InChI=1S/C13H20N4O/c1-13(2,3)10-5-6-14-12(16-10)15-9-7-11(18)17(4)8-9/h5-6,9H,7-8H2,1-4H3,(H,14,15,16). The first-order valence-electron chi connectivity index (χ1n) is 6.20. The minimum Gasteiger partial charge on any atom is -0.349 e. The van der Waals surface area contributed by atoms with Gasteiger partial charge in [0.25, 0.3) is 0 Å². The van der Waals surface area contributed by atoms with Gasteiger partial charge < -0.3 is 10.2 Å². The van der Waals surface area contributed by atoms with Crippen molar-refractivity contribution in [3.63, 3.8) is 0 Å². The molecule has 0 saturated carbocycles. The molecule has 1 aliphatic heterocycles. The van der Waals surface area contributed by atoms with Gasteiger partial charge in [-0.15, -0.1) is 0 Å². The summed E-state index contributed by atoms with van der Waals surface area (Å²) in [5, 5.41) is 3.23. The van der Waals surface area contributed by atoms with Gasteiger partial charge in [0.15, 0.2) is 0 Å². The quantitative estimate of drug-likeness (QED) is 0.860. The van der Waals surface area contributed by atoms with Crippen molar-refractivity contribution in [1.29, 1.82) is 0 Å². The summed E-state index contributed by atoms with van der Waals surface area (Å²) < 4.78 is 0. The van der Waals surface area contributed by atoms with Crippen molar-refractivity contribution in [2.45, 2.75) is 38.6 Å². The minimum absolute atomic E-state index is 0.00164. The van der Waals surface area contributed by atoms with Crippen LogP contribution in [0.3, 0.4) is 0 Å². The number of carbonyl (C=O) groups is 1. The van der Waals surface area contributed by atoms with Crippen molar-refractivity contribution < 1.29 is 4.79 Å². The van der Waals surface area contributed by atoms with E-state index in [2.05, 4.69) is 36.1 Å². The molecule has 1 aromatic rings. The van der Waals surface area contributed by atoms with E-state index >= 15 is 0 Å². The lowest BCUT2D eigenvalue weighted by Gasteiger charge is -2.19. The lowest BCUT2D eigenvalue weighted by atomic mass is 9.92. The number of carbonyl (C=O) groups excluding carboxylic acids is 1. The third kappa shape index (κ3) is 2.78. The van der Waals surface area contributed by atoms with Crippen LogP contribution in [-0.4, -0.2) is 40.4 Å². The van der Waals surface area contributed by atoms with Crippen molar-refractivity contribution in [1.82, 2.24) is 14.9 Å². The summed E-state index contributed by atoms with van der Waals surface area (Å²) in [6.45, 7) is 7.06. The molecule has 0 radical (unpaired) electrons. The summed E-state index contributed by atoms with van der Waals surface area (Å²) >= 11 is 0. The van der Waals surface area contributed by atoms with Crippen LogP contribution in [0.4, 0.5) is 5.95 Å². The molecule has 1 saturated heterocycles. The van der Waals surface area contributed by atoms with Crippen LogP contribution in [0.25, 0.3) is 0 Å². The zero-order valence-electron chi connectivity index (χ0n) is 11.4. The fraction of sp³-hybridized carbons (Fsp3) is 0.615. The van der Waals surface area contributed by atoms with Gasteiger partial charge in [0.05, 0.1) is 11.7 Å². The highest BCUT2D eigenvalue weighted by Crippen LogP contribution is 2.21. The zero-order valence-corrected chi connectivity index (χ0v) is 11.4. The summed E-state index contributed by atoms with van der Waals surface area (Å²) in [6.07, 6.45) is 2.27. The molecule has 2 heterocycles. The van der Waals surface area contributed by atoms with Gasteiger partial charge in [-0.3, -0.25) is 4.79 Å². The summed E-state index contributed by atoms with van der Waals surface area (Å²) in [5.41, 5.74) is 0.999. The van der Waals surface area contributed by atoms with E-state index in [0.29, 0.717) is 18.9 Å². The van der Waals surface area contributed by atoms with Crippen LogP contribution in [0, 0.1) is 0 Å². The van der Waals surface area contributed by atoms with Gasteiger partial charge in [-0.2, -0.15) is 0 Å². The molecule has 0 bridgehead atoms. The summed E-state index contributed by atoms with van der Waals surface area (Å²) in [4.78, 5) is 21.9. The van der Waals surface area contributed by atoms with Crippen LogP contribution in [0.1, 0.15) is 32.9 Å². The molecule has 98 valence electrons. The Morgan fingerprint density at radius 3 is 2.72 bits per heavy atom. The summed E-state index contributed by atoms with van der Waals surface area (Å²) in [7, 11) is 1.82. The van der Waals surface area contributed by atoms with Crippen molar-refractivity contribution in [3.05, 3.63) is 18.0 Å². The normalized spacial score (nSPS) is 20.3. The Morgan fingerprint density at radius 1 is 1.44 bits per heavy atom. The SMILES string of the molecule is CN1CC(Nc2nccc(C(C)(C)C)n2)CC1=O. The number of nitrogens with one attached hydrogen (secondary N) is 1. The molecule has 18 heavy (non-hydrogen) atoms. The fourth-order valence-electron chi connectivity index (χ4n) is 1.99. The lowest BCUT2D eigenvalue weighted by Crippen LogP contribution is -2.25. The second-order valence-electron chi connectivity index (χ2n) is 5.84. The van der Waals surface area contributed by atoms with Crippen LogP contribution in [0.5, 0.6) is 0 Å². The number of nitrogens with zero attached hydrogens (tertiary/aromatic N) is 3. The highest BCUT2D eigenvalue weighted by Gasteiger charge is 2.27. The molecule has 0 spiro atoms. The van der Waals surface area contributed by atoms with Crippen molar-refractivity contribution in [3.8, 4) is 0 Å². The van der Waals surface area contributed by atoms with Gasteiger partial charge in [-0.05, 0) is 6.07 Å². The van der Waals surface area contributed by atoms with E-state index in [9.17, 15) is 4.79 Å². The predicted octanol–water partition coefficient (Wildman–Crippen LogP) is 1.42. The highest BCUT2D eigenvalue weighted by molar-refractivity contribution is 5.79. The molecule has 5 heteroatoms. The Hall–Kier alpha value is -1.65. The maximum absolute atomic E-state index is 11.4. The Balaban J connectivity index is 2.09. The largest absolute Gasteiger partial charge is 0.349 e. The Kier molecular flexibility index (Phi) is 3.24. The van der Waals surface area contributed by atoms with Crippen LogP contribution in [-0.2, 0) is 10.2 Å². The fourth-order valence-corrected chi connectivity index (χ4v) is 1.99. The third-order valence-electron chi connectivity index (χ3n) is 3.10. The average molecular weight is 248 g/mol. The Morgan fingerprint density at radius 2 is 2.17 bits per heavy atom. The second kappa shape index (κ2) is 4.55. The first-order valence-corrected chi connectivity index (χ1v) is 6.20. The highest BCUT2D eigenvalue weighted by atomic mass is 16.2. The van der Waals surface area contributed by atoms with Gasteiger partial charge in [-0.25, -0.2) is 9.97 Å². The second-order valence-corrected chi connectivity index (χ2v) is 5.84. The van der Waals surface area contributed by atoms with E-state index in [1.165, 1.54) is 0 Å². The van der Waals surface area contributed by atoms with Crippen molar-refractivity contribution in [2.24, 2.45) is 0 Å². The van der Waals surface area contributed by atoms with Gasteiger partial charge in [0, 0.05) is 31.6 Å². The number of likely N-dealkylation sites (tertiary alicyclic amines) is 1. The molecule has 1 aliphatic rings. The molecule has 1 fully saturated rings. The number of amides is 1. The van der Waals surface area contributed by atoms with Crippen LogP contribution < -0.4 is 5.32 Å². The Bertz CT molecular complexity index is 453. The molecule has 0 aliphatic carbocycles.